The zero-order valence-electron chi connectivity index (χ0n) is 18.1. The largest absolute Gasteiger partial charge is 0.500 e. The fourth-order valence-electron chi connectivity index (χ4n) is 3.86. The molecule has 152 valence electrons. The molecule has 25 heavy (non-hydrogen) atoms. The molecule has 0 heterocycles. The Labute approximate surface area is 159 Å². The van der Waals surface area contributed by atoms with Crippen LogP contribution in [0.25, 0.3) is 0 Å². The highest BCUT2D eigenvalue weighted by atomic mass is 28.4. The minimum atomic E-state index is -2.38. The Hall–Kier alpha value is 0.0969. The molecule has 0 aliphatic carbocycles. The minimum absolute atomic E-state index is 0.784. The molecule has 0 fully saturated rings. The van der Waals surface area contributed by atoms with Gasteiger partial charge in [0.1, 0.15) is 0 Å². The maximum absolute atomic E-state index is 5.53. The highest BCUT2D eigenvalue weighted by Gasteiger charge is 2.37. The monoisotopic (exact) mass is 374 g/mol. The number of hydrogen-bond donors (Lipinski definition) is 0. The highest BCUT2D eigenvalue weighted by Crippen LogP contribution is 2.28. The quantitative estimate of drug-likeness (QED) is 0.194. The molecule has 0 rings (SSSR count). The first kappa shape index (κ1) is 25.1. The van der Waals surface area contributed by atoms with Crippen LogP contribution in [0.4, 0.5) is 0 Å². The molecule has 4 heteroatoms. The van der Waals surface area contributed by atoms with Gasteiger partial charge >= 0.3 is 8.80 Å². The van der Waals surface area contributed by atoms with Crippen molar-refractivity contribution in [1.29, 1.82) is 0 Å². The Morgan fingerprint density at radius 1 is 0.680 bits per heavy atom. The number of unbranched alkanes of at least 4 members (excludes halogenated alkanes) is 7. The van der Waals surface area contributed by atoms with Gasteiger partial charge in [0.15, 0.2) is 0 Å². The van der Waals surface area contributed by atoms with E-state index in [0.29, 0.717) is 0 Å². The van der Waals surface area contributed by atoms with Gasteiger partial charge in [-0.2, -0.15) is 0 Å². The van der Waals surface area contributed by atoms with Gasteiger partial charge in [-0.15, -0.1) is 0 Å². The Morgan fingerprint density at radius 3 is 1.68 bits per heavy atom. The van der Waals surface area contributed by atoms with Crippen molar-refractivity contribution in [1.82, 2.24) is 0 Å². The number of hydrogen-bond acceptors (Lipinski definition) is 3. The third-order valence-corrected chi connectivity index (χ3v) is 8.66. The number of rotatable bonds is 18. The Balaban J connectivity index is 3.89. The lowest BCUT2D eigenvalue weighted by Gasteiger charge is -2.26. The van der Waals surface area contributed by atoms with E-state index in [1.807, 2.05) is 0 Å². The van der Waals surface area contributed by atoms with Gasteiger partial charge in [-0.05, 0) is 18.3 Å². The summed E-state index contributed by atoms with van der Waals surface area (Å²) in [5, 5.41) is 0. The van der Waals surface area contributed by atoms with Crippen molar-refractivity contribution in [2.75, 3.05) is 21.3 Å². The predicted molar refractivity (Wildman–Crippen MR) is 111 cm³/mol. The lowest BCUT2D eigenvalue weighted by Crippen LogP contribution is -2.42. The SMILES string of the molecule is CCCCCCCCCCC(CC)C(C)CCC[Si](OC)(OC)OC. The molecule has 0 N–H and O–H groups in total. The molecule has 0 saturated heterocycles. The van der Waals surface area contributed by atoms with E-state index >= 15 is 0 Å². The summed E-state index contributed by atoms with van der Waals surface area (Å²) in [5.41, 5.74) is 0. The topological polar surface area (TPSA) is 27.7 Å². The van der Waals surface area contributed by atoms with Crippen LogP contribution in [0.2, 0.25) is 6.04 Å². The van der Waals surface area contributed by atoms with Gasteiger partial charge < -0.3 is 13.3 Å². The van der Waals surface area contributed by atoms with Gasteiger partial charge in [-0.1, -0.05) is 91.4 Å². The summed E-state index contributed by atoms with van der Waals surface area (Å²) in [4.78, 5) is 0. The van der Waals surface area contributed by atoms with Crippen LogP contribution in [-0.4, -0.2) is 30.1 Å². The Morgan fingerprint density at radius 2 is 1.20 bits per heavy atom. The maximum atomic E-state index is 5.53. The molecule has 2 unspecified atom stereocenters. The second-order valence-electron chi connectivity index (χ2n) is 7.60. The smallest absolute Gasteiger partial charge is 0.377 e. The van der Waals surface area contributed by atoms with E-state index in [9.17, 15) is 0 Å². The molecule has 0 spiro atoms. The zero-order chi connectivity index (χ0) is 19.0. The van der Waals surface area contributed by atoms with Crippen LogP contribution >= 0.6 is 0 Å². The first-order valence-corrected chi connectivity index (χ1v) is 12.7. The first-order chi connectivity index (χ1) is 12.1. The van der Waals surface area contributed by atoms with Crippen molar-refractivity contribution in [2.45, 2.75) is 104 Å². The van der Waals surface area contributed by atoms with Crippen molar-refractivity contribution in [3.8, 4) is 0 Å². The summed E-state index contributed by atoms with van der Waals surface area (Å²) >= 11 is 0. The van der Waals surface area contributed by atoms with Crippen LogP contribution in [0.5, 0.6) is 0 Å². The van der Waals surface area contributed by atoms with Gasteiger partial charge in [-0.25, -0.2) is 0 Å². The normalized spacial score (nSPS) is 14.6. The van der Waals surface area contributed by atoms with E-state index in [1.165, 1.54) is 70.6 Å². The van der Waals surface area contributed by atoms with Gasteiger partial charge in [0.25, 0.3) is 0 Å². The second-order valence-corrected chi connectivity index (χ2v) is 10.7. The molecule has 0 aliphatic heterocycles. The van der Waals surface area contributed by atoms with Gasteiger partial charge in [0.05, 0.1) is 0 Å². The summed E-state index contributed by atoms with van der Waals surface area (Å²) in [6, 6.07) is 0.926. The van der Waals surface area contributed by atoms with Crippen LogP contribution in [0.3, 0.4) is 0 Å². The lowest BCUT2D eigenvalue weighted by atomic mass is 9.84. The van der Waals surface area contributed by atoms with Crippen molar-refractivity contribution in [2.24, 2.45) is 11.8 Å². The molecular formula is C21H46O3Si. The highest BCUT2D eigenvalue weighted by molar-refractivity contribution is 6.60. The molecule has 3 nitrogen and oxygen atoms in total. The van der Waals surface area contributed by atoms with E-state index in [-0.39, 0.29) is 0 Å². The molecule has 0 saturated carbocycles. The van der Waals surface area contributed by atoms with Gasteiger partial charge in [-0.3, -0.25) is 0 Å². The second kappa shape index (κ2) is 16.3. The van der Waals surface area contributed by atoms with Crippen LogP contribution in [0.15, 0.2) is 0 Å². The van der Waals surface area contributed by atoms with Gasteiger partial charge in [0.2, 0.25) is 0 Å². The minimum Gasteiger partial charge on any atom is -0.377 e. The third kappa shape index (κ3) is 11.4. The average molecular weight is 375 g/mol. The van der Waals surface area contributed by atoms with Crippen molar-refractivity contribution in [3.05, 3.63) is 0 Å². The van der Waals surface area contributed by atoms with Crippen molar-refractivity contribution < 1.29 is 13.3 Å². The Kier molecular flexibility index (Phi) is 16.3. The Bertz CT molecular complexity index is 274. The summed E-state index contributed by atoms with van der Waals surface area (Å²) in [7, 11) is 2.74. The molecule has 0 aromatic carbocycles. The maximum Gasteiger partial charge on any atom is 0.500 e. The standard InChI is InChI=1S/C21H46O3Si/c1-7-9-10-11-12-13-14-15-18-21(8-2)20(3)17-16-19-25(22-4,23-5)24-6/h20-21H,7-19H2,1-6H3. The fraction of sp³-hybridized carbons (Fsp3) is 1.00. The van der Waals surface area contributed by atoms with E-state index in [2.05, 4.69) is 20.8 Å². The molecule has 0 radical (unpaired) electrons. The van der Waals surface area contributed by atoms with Crippen LogP contribution < -0.4 is 0 Å². The van der Waals surface area contributed by atoms with E-state index in [4.69, 9.17) is 13.3 Å². The molecule has 0 bridgehead atoms. The summed E-state index contributed by atoms with van der Waals surface area (Å²) in [5.74, 6) is 1.65. The molecule has 0 aromatic rings. The van der Waals surface area contributed by atoms with Crippen molar-refractivity contribution >= 4 is 8.80 Å². The molecule has 2 atom stereocenters. The van der Waals surface area contributed by atoms with E-state index in [1.54, 1.807) is 21.3 Å². The van der Waals surface area contributed by atoms with E-state index < -0.39 is 8.80 Å². The first-order valence-electron chi connectivity index (χ1n) is 10.7. The molecule has 0 aliphatic rings. The van der Waals surface area contributed by atoms with Crippen molar-refractivity contribution in [3.63, 3.8) is 0 Å². The third-order valence-electron chi connectivity index (χ3n) is 5.83. The van der Waals surface area contributed by atoms with E-state index in [0.717, 1.165) is 24.3 Å². The summed E-state index contributed by atoms with van der Waals surface area (Å²) < 4.78 is 16.6. The predicted octanol–water partition coefficient (Wildman–Crippen LogP) is 6.84. The lowest BCUT2D eigenvalue weighted by molar-refractivity contribution is 0.122. The average Bonchev–Trinajstić information content (AvgIpc) is 2.64. The summed E-state index contributed by atoms with van der Waals surface area (Å²) in [6.45, 7) is 7.06. The fourth-order valence-corrected chi connectivity index (χ4v) is 5.61. The van der Waals surface area contributed by atoms with Gasteiger partial charge in [0, 0.05) is 27.4 Å². The zero-order valence-corrected chi connectivity index (χ0v) is 19.1. The molecule has 0 aromatic heterocycles. The van der Waals surface area contributed by atoms with Crippen LogP contribution in [0, 0.1) is 11.8 Å². The summed E-state index contributed by atoms with van der Waals surface area (Å²) in [6.07, 6.45) is 16.4. The molecule has 0 amide bonds. The molecular weight excluding hydrogens is 328 g/mol. The van der Waals surface area contributed by atoms with Crippen LogP contribution in [0.1, 0.15) is 97.8 Å². The van der Waals surface area contributed by atoms with Crippen LogP contribution in [-0.2, 0) is 13.3 Å².